The van der Waals surface area contributed by atoms with Crippen LogP contribution in [-0.4, -0.2) is 15.0 Å². The fourth-order valence-electron chi connectivity index (χ4n) is 2.43. The Labute approximate surface area is 145 Å². The van der Waals surface area contributed by atoms with Crippen molar-refractivity contribution in [3.8, 4) is 0 Å². The molecular weight excluding hydrogens is 320 g/mol. The second-order valence-electron chi connectivity index (χ2n) is 6.63. The van der Waals surface area contributed by atoms with Crippen LogP contribution in [0.2, 0.25) is 0 Å². The van der Waals surface area contributed by atoms with Gasteiger partial charge in [-0.15, -0.1) is 0 Å². The molecule has 0 N–H and O–H groups in total. The summed E-state index contributed by atoms with van der Waals surface area (Å²) < 4.78 is 29.1. The molecular formula is C20H26O3S. The standard InChI is InChI=1S/C20H26O3S/c1-4-20(2,3)18-14-12-17(13-15-18)9-8-16-23-24(21,22)19-10-6-5-7-11-19/h5-7,10-15H,4,8-9,16H2,1-3H3. The minimum atomic E-state index is -3.64. The van der Waals surface area contributed by atoms with Crippen LogP contribution in [0.4, 0.5) is 0 Å². The average Bonchev–Trinajstić information content (AvgIpc) is 2.60. The smallest absolute Gasteiger partial charge is 0.266 e. The van der Waals surface area contributed by atoms with E-state index in [0.29, 0.717) is 6.42 Å². The molecule has 0 radical (unpaired) electrons. The van der Waals surface area contributed by atoms with Crippen LogP contribution < -0.4 is 0 Å². The molecule has 0 aromatic heterocycles. The molecule has 0 saturated heterocycles. The number of hydrogen-bond acceptors (Lipinski definition) is 3. The third-order valence-corrected chi connectivity index (χ3v) is 5.83. The Balaban J connectivity index is 1.85. The summed E-state index contributed by atoms with van der Waals surface area (Å²) in [5.41, 5.74) is 2.72. The van der Waals surface area contributed by atoms with E-state index in [1.165, 1.54) is 11.1 Å². The van der Waals surface area contributed by atoms with Crippen molar-refractivity contribution >= 4 is 10.1 Å². The van der Waals surface area contributed by atoms with Crippen LogP contribution in [0, 0.1) is 0 Å². The van der Waals surface area contributed by atoms with Gasteiger partial charge in [-0.05, 0) is 47.9 Å². The van der Waals surface area contributed by atoms with Crippen LogP contribution in [0.5, 0.6) is 0 Å². The highest BCUT2D eigenvalue weighted by atomic mass is 32.2. The van der Waals surface area contributed by atoms with Crippen LogP contribution in [0.25, 0.3) is 0 Å². The Morgan fingerprint density at radius 3 is 2.17 bits per heavy atom. The summed E-state index contributed by atoms with van der Waals surface area (Å²) in [4.78, 5) is 0.205. The van der Waals surface area contributed by atoms with E-state index in [-0.39, 0.29) is 16.9 Å². The first-order valence-corrected chi connectivity index (χ1v) is 9.80. The molecule has 0 aliphatic carbocycles. The minimum Gasteiger partial charge on any atom is -0.266 e. The largest absolute Gasteiger partial charge is 0.296 e. The first-order valence-electron chi connectivity index (χ1n) is 8.39. The van der Waals surface area contributed by atoms with Gasteiger partial charge in [0, 0.05) is 0 Å². The average molecular weight is 346 g/mol. The molecule has 0 amide bonds. The van der Waals surface area contributed by atoms with E-state index >= 15 is 0 Å². The summed E-state index contributed by atoms with van der Waals surface area (Å²) in [5, 5.41) is 0. The van der Waals surface area contributed by atoms with E-state index in [0.717, 1.165) is 12.8 Å². The molecule has 4 heteroatoms. The van der Waals surface area contributed by atoms with Gasteiger partial charge in [0.1, 0.15) is 0 Å². The van der Waals surface area contributed by atoms with Crippen LogP contribution in [0.15, 0.2) is 59.5 Å². The number of hydrogen-bond donors (Lipinski definition) is 0. The molecule has 0 bridgehead atoms. The predicted molar refractivity (Wildman–Crippen MR) is 97.7 cm³/mol. The van der Waals surface area contributed by atoms with Gasteiger partial charge in [0.05, 0.1) is 11.5 Å². The van der Waals surface area contributed by atoms with Crippen molar-refractivity contribution in [3.05, 3.63) is 65.7 Å². The maximum Gasteiger partial charge on any atom is 0.296 e. The van der Waals surface area contributed by atoms with E-state index in [9.17, 15) is 8.42 Å². The molecule has 0 aliphatic rings. The molecule has 0 aliphatic heterocycles. The fourth-order valence-corrected chi connectivity index (χ4v) is 3.39. The molecule has 0 spiro atoms. The van der Waals surface area contributed by atoms with Gasteiger partial charge in [0.2, 0.25) is 0 Å². The molecule has 0 saturated carbocycles. The van der Waals surface area contributed by atoms with Crippen LogP contribution in [0.1, 0.15) is 44.7 Å². The molecule has 0 unspecified atom stereocenters. The molecule has 0 atom stereocenters. The summed E-state index contributed by atoms with van der Waals surface area (Å²) in [6.07, 6.45) is 2.57. The zero-order valence-corrected chi connectivity index (χ0v) is 15.5. The van der Waals surface area contributed by atoms with E-state index in [4.69, 9.17) is 4.18 Å². The lowest BCUT2D eigenvalue weighted by molar-refractivity contribution is 0.312. The summed E-state index contributed by atoms with van der Waals surface area (Å²) in [5.74, 6) is 0. The SMILES string of the molecule is CCC(C)(C)c1ccc(CCCOS(=O)(=O)c2ccccc2)cc1. The number of benzene rings is 2. The van der Waals surface area contributed by atoms with Gasteiger partial charge in [0.15, 0.2) is 0 Å². The van der Waals surface area contributed by atoms with Gasteiger partial charge >= 0.3 is 0 Å². The second-order valence-corrected chi connectivity index (χ2v) is 8.24. The van der Waals surface area contributed by atoms with Crippen molar-refractivity contribution < 1.29 is 12.6 Å². The van der Waals surface area contributed by atoms with Crippen molar-refractivity contribution in [1.82, 2.24) is 0 Å². The molecule has 3 nitrogen and oxygen atoms in total. The monoisotopic (exact) mass is 346 g/mol. The maximum atomic E-state index is 12.0. The topological polar surface area (TPSA) is 43.4 Å². The highest BCUT2D eigenvalue weighted by molar-refractivity contribution is 7.86. The quantitative estimate of drug-likeness (QED) is 0.513. The van der Waals surface area contributed by atoms with Crippen molar-refractivity contribution in [2.75, 3.05) is 6.61 Å². The molecule has 2 aromatic carbocycles. The zero-order chi connectivity index (χ0) is 17.6. The van der Waals surface area contributed by atoms with Crippen LogP contribution in [0.3, 0.4) is 0 Å². The zero-order valence-electron chi connectivity index (χ0n) is 14.7. The normalized spacial score (nSPS) is 12.3. The van der Waals surface area contributed by atoms with Gasteiger partial charge < -0.3 is 0 Å². The van der Waals surface area contributed by atoms with E-state index in [2.05, 4.69) is 45.0 Å². The summed E-state index contributed by atoms with van der Waals surface area (Å²) >= 11 is 0. The third kappa shape index (κ3) is 4.92. The fraction of sp³-hybridized carbons (Fsp3) is 0.400. The van der Waals surface area contributed by atoms with Crippen molar-refractivity contribution in [2.24, 2.45) is 0 Å². The second kappa shape index (κ2) is 7.95. The summed E-state index contributed by atoms with van der Waals surface area (Å²) in [6.45, 7) is 6.87. The predicted octanol–water partition coefficient (Wildman–Crippen LogP) is 4.71. The minimum absolute atomic E-state index is 0.186. The van der Waals surface area contributed by atoms with E-state index in [1.807, 2.05) is 0 Å². The van der Waals surface area contributed by atoms with Crippen molar-refractivity contribution in [3.63, 3.8) is 0 Å². The van der Waals surface area contributed by atoms with Gasteiger partial charge in [-0.25, -0.2) is 0 Å². The highest BCUT2D eigenvalue weighted by Crippen LogP contribution is 2.26. The highest BCUT2D eigenvalue weighted by Gasteiger charge is 2.17. The van der Waals surface area contributed by atoms with Gasteiger partial charge in [0.25, 0.3) is 10.1 Å². The number of aryl methyl sites for hydroxylation is 1. The molecule has 0 fully saturated rings. The van der Waals surface area contributed by atoms with E-state index < -0.39 is 10.1 Å². The maximum absolute atomic E-state index is 12.0. The summed E-state index contributed by atoms with van der Waals surface area (Å²) in [6, 6.07) is 16.8. The Morgan fingerprint density at radius 2 is 1.58 bits per heavy atom. The first kappa shape index (κ1) is 18.7. The van der Waals surface area contributed by atoms with Crippen molar-refractivity contribution in [2.45, 2.75) is 50.3 Å². The Morgan fingerprint density at radius 1 is 0.958 bits per heavy atom. The third-order valence-electron chi connectivity index (χ3n) is 4.50. The molecule has 130 valence electrons. The Hall–Kier alpha value is -1.65. The van der Waals surface area contributed by atoms with Gasteiger partial charge in [-0.1, -0.05) is 63.2 Å². The summed E-state index contributed by atoms with van der Waals surface area (Å²) in [7, 11) is -3.64. The van der Waals surface area contributed by atoms with Gasteiger partial charge in [-0.3, -0.25) is 4.18 Å². The Kier molecular flexibility index (Phi) is 6.19. The lowest BCUT2D eigenvalue weighted by atomic mass is 9.82. The van der Waals surface area contributed by atoms with Gasteiger partial charge in [-0.2, -0.15) is 8.42 Å². The Bertz CT molecular complexity index is 732. The van der Waals surface area contributed by atoms with Crippen LogP contribution in [-0.2, 0) is 26.1 Å². The molecule has 2 aromatic rings. The lowest BCUT2D eigenvalue weighted by Crippen LogP contribution is -2.15. The molecule has 2 rings (SSSR count). The number of rotatable bonds is 8. The lowest BCUT2D eigenvalue weighted by Gasteiger charge is -2.23. The van der Waals surface area contributed by atoms with Crippen molar-refractivity contribution in [1.29, 1.82) is 0 Å². The van der Waals surface area contributed by atoms with Crippen LogP contribution >= 0.6 is 0 Å². The molecule has 24 heavy (non-hydrogen) atoms. The first-order chi connectivity index (χ1) is 11.3. The molecule has 0 heterocycles. The van der Waals surface area contributed by atoms with E-state index in [1.54, 1.807) is 30.3 Å².